The summed E-state index contributed by atoms with van der Waals surface area (Å²) in [7, 11) is 3.06. The standard InChI is InChI=1S/C16H15NO3/c1-19-15-11-9-13(16(17-15)20-2)8-10-14(18)12-6-4-3-5-7-12/h3-11H,1-2H3/b10-8+. The van der Waals surface area contributed by atoms with Crippen molar-refractivity contribution in [1.82, 2.24) is 4.98 Å². The van der Waals surface area contributed by atoms with Crippen molar-refractivity contribution in [3.8, 4) is 11.8 Å². The molecule has 0 fully saturated rings. The van der Waals surface area contributed by atoms with Crippen LogP contribution in [0.25, 0.3) is 6.08 Å². The number of hydrogen-bond acceptors (Lipinski definition) is 4. The fraction of sp³-hybridized carbons (Fsp3) is 0.125. The van der Waals surface area contributed by atoms with Crippen LogP contribution in [0, 0.1) is 0 Å². The van der Waals surface area contributed by atoms with Crippen LogP contribution < -0.4 is 9.47 Å². The van der Waals surface area contributed by atoms with E-state index in [1.807, 2.05) is 18.2 Å². The highest BCUT2D eigenvalue weighted by atomic mass is 16.5. The van der Waals surface area contributed by atoms with Gasteiger partial charge in [0.05, 0.1) is 14.2 Å². The van der Waals surface area contributed by atoms with Crippen LogP contribution >= 0.6 is 0 Å². The fourth-order valence-corrected chi connectivity index (χ4v) is 1.70. The predicted octanol–water partition coefficient (Wildman–Crippen LogP) is 2.99. The molecule has 2 rings (SSSR count). The highest BCUT2D eigenvalue weighted by molar-refractivity contribution is 6.06. The second kappa shape index (κ2) is 6.52. The van der Waals surface area contributed by atoms with Crippen LogP contribution in [-0.2, 0) is 0 Å². The van der Waals surface area contributed by atoms with Gasteiger partial charge < -0.3 is 9.47 Å². The number of pyridine rings is 1. The molecule has 0 amide bonds. The van der Waals surface area contributed by atoms with Crippen molar-refractivity contribution in [2.24, 2.45) is 0 Å². The van der Waals surface area contributed by atoms with E-state index in [2.05, 4.69) is 4.98 Å². The van der Waals surface area contributed by atoms with Gasteiger partial charge in [-0.25, -0.2) is 0 Å². The molecule has 0 aliphatic heterocycles. The quantitative estimate of drug-likeness (QED) is 0.618. The minimum absolute atomic E-state index is 0.0662. The van der Waals surface area contributed by atoms with Crippen LogP contribution in [-0.4, -0.2) is 25.0 Å². The van der Waals surface area contributed by atoms with Crippen molar-refractivity contribution in [3.05, 3.63) is 59.7 Å². The monoisotopic (exact) mass is 269 g/mol. The molecule has 0 saturated carbocycles. The Morgan fingerprint density at radius 1 is 1.05 bits per heavy atom. The third-order valence-electron chi connectivity index (χ3n) is 2.74. The van der Waals surface area contributed by atoms with E-state index in [1.54, 1.807) is 30.3 Å². The summed E-state index contributed by atoms with van der Waals surface area (Å²) in [4.78, 5) is 16.1. The first kappa shape index (κ1) is 13.8. The number of aromatic nitrogens is 1. The Morgan fingerprint density at radius 2 is 1.80 bits per heavy atom. The number of carbonyl (C=O) groups excluding carboxylic acids is 1. The molecule has 20 heavy (non-hydrogen) atoms. The summed E-state index contributed by atoms with van der Waals surface area (Å²) >= 11 is 0. The average molecular weight is 269 g/mol. The number of nitrogens with zero attached hydrogens (tertiary/aromatic N) is 1. The Morgan fingerprint density at radius 3 is 2.45 bits per heavy atom. The molecule has 0 aliphatic rings. The highest BCUT2D eigenvalue weighted by Gasteiger charge is 2.05. The minimum atomic E-state index is -0.0662. The smallest absolute Gasteiger partial charge is 0.223 e. The zero-order chi connectivity index (χ0) is 14.4. The third-order valence-corrected chi connectivity index (χ3v) is 2.74. The first-order chi connectivity index (χ1) is 9.74. The molecule has 0 aliphatic carbocycles. The van der Waals surface area contributed by atoms with E-state index in [0.29, 0.717) is 17.3 Å². The summed E-state index contributed by atoms with van der Waals surface area (Å²) in [5.41, 5.74) is 1.36. The Balaban J connectivity index is 2.21. The normalized spacial score (nSPS) is 10.5. The van der Waals surface area contributed by atoms with Crippen molar-refractivity contribution in [2.45, 2.75) is 0 Å². The van der Waals surface area contributed by atoms with Crippen LogP contribution in [0.1, 0.15) is 15.9 Å². The SMILES string of the molecule is COc1ccc(/C=C/C(=O)c2ccccc2)c(OC)n1. The van der Waals surface area contributed by atoms with E-state index in [-0.39, 0.29) is 5.78 Å². The maximum absolute atomic E-state index is 12.0. The van der Waals surface area contributed by atoms with Crippen molar-refractivity contribution < 1.29 is 14.3 Å². The minimum Gasteiger partial charge on any atom is -0.481 e. The van der Waals surface area contributed by atoms with Crippen molar-refractivity contribution >= 4 is 11.9 Å². The Kier molecular flexibility index (Phi) is 4.50. The largest absolute Gasteiger partial charge is 0.481 e. The molecule has 0 unspecified atom stereocenters. The molecule has 4 nitrogen and oxygen atoms in total. The molecule has 0 bridgehead atoms. The zero-order valence-corrected chi connectivity index (χ0v) is 11.4. The van der Waals surface area contributed by atoms with Gasteiger partial charge in [0.1, 0.15) is 0 Å². The third kappa shape index (κ3) is 3.23. The Hall–Kier alpha value is -2.62. The summed E-state index contributed by atoms with van der Waals surface area (Å²) in [5.74, 6) is 0.818. The Bertz CT molecular complexity index is 621. The first-order valence-corrected chi connectivity index (χ1v) is 6.11. The average Bonchev–Trinajstić information content (AvgIpc) is 2.53. The Labute approximate surface area is 117 Å². The fourth-order valence-electron chi connectivity index (χ4n) is 1.70. The van der Waals surface area contributed by atoms with Gasteiger partial charge in [-0.15, -0.1) is 0 Å². The van der Waals surface area contributed by atoms with Crippen LogP contribution in [0.3, 0.4) is 0 Å². The molecule has 2 aromatic rings. The molecule has 1 heterocycles. The second-order valence-corrected chi connectivity index (χ2v) is 4.02. The molecule has 0 radical (unpaired) electrons. The summed E-state index contributed by atoms with van der Waals surface area (Å²) in [6.45, 7) is 0. The number of allylic oxidation sites excluding steroid dienone is 1. The van der Waals surface area contributed by atoms with Crippen LogP contribution in [0.2, 0.25) is 0 Å². The lowest BCUT2D eigenvalue weighted by atomic mass is 10.1. The van der Waals surface area contributed by atoms with E-state index in [0.717, 1.165) is 5.56 Å². The maximum atomic E-state index is 12.0. The summed E-state index contributed by atoms with van der Waals surface area (Å²) in [5, 5.41) is 0. The number of ketones is 1. The molecule has 1 aromatic heterocycles. The predicted molar refractivity (Wildman–Crippen MR) is 77.1 cm³/mol. The molecular formula is C16H15NO3. The van der Waals surface area contributed by atoms with E-state index < -0.39 is 0 Å². The van der Waals surface area contributed by atoms with Gasteiger partial charge in [0.15, 0.2) is 5.78 Å². The second-order valence-electron chi connectivity index (χ2n) is 4.02. The molecule has 0 saturated heterocycles. The number of methoxy groups -OCH3 is 2. The van der Waals surface area contributed by atoms with Gasteiger partial charge in [0.25, 0.3) is 0 Å². The summed E-state index contributed by atoms with van der Waals surface area (Å²) in [6.07, 6.45) is 3.18. The zero-order valence-electron chi connectivity index (χ0n) is 11.4. The van der Waals surface area contributed by atoms with Gasteiger partial charge in [-0.2, -0.15) is 4.98 Å². The van der Waals surface area contributed by atoms with Crippen LogP contribution in [0.4, 0.5) is 0 Å². The lowest BCUT2D eigenvalue weighted by Gasteiger charge is -2.05. The summed E-state index contributed by atoms with van der Waals surface area (Å²) in [6, 6.07) is 12.6. The van der Waals surface area contributed by atoms with Gasteiger partial charge >= 0.3 is 0 Å². The highest BCUT2D eigenvalue weighted by Crippen LogP contribution is 2.21. The molecule has 4 heteroatoms. The number of hydrogen-bond donors (Lipinski definition) is 0. The summed E-state index contributed by atoms with van der Waals surface area (Å²) < 4.78 is 10.2. The van der Waals surface area contributed by atoms with Crippen LogP contribution in [0.5, 0.6) is 11.8 Å². The van der Waals surface area contributed by atoms with Gasteiger partial charge in [0, 0.05) is 17.2 Å². The van der Waals surface area contributed by atoms with E-state index >= 15 is 0 Å². The van der Waals surface area contributed by atoms with Crippen LogP contribution in [0.15, 0.2) is 48.5 Å². The molecule has 102 valence electrons. The molecule has 0 spiro atoms. The van der Waals surface area contributed by atoms with Crippen molar-refractivity contribution in [2.75, 3.05) is 14.2 Å². The maximum Gasteiger partial charge on any atom is 0.223 e. The van der Waals surface area contributed by atoms with Gasteiger partial charge in [0.2, 0.25) is 11.8 Å². The van der Waals surface area contributed by atoms with E-state index in [4.69, 9.17) is 9.47 Å². The number of rotatable bonds is 5. The number of ether oxygens (including phenoxy) is 2. The lowest BCUT2D eigenvalue weighted by molar-refractivity contribution is 0.104. The van der Waals surface area contributed by atoms with Crippen molar-refractivity contribution in [1.29, 1.82) is 0 Å². The number of carbonyl (C=O) groups is 1. The topological polar surface area (TPSA) is 48.4 Å². The molecular weight excluding hydrogens is 254 g/mol. The molecule has 1 aromatic carbocycles. The lowest BCUT2D eigenvalue weighted by Crippen LogP contribution is -1.96. The molecule has 0 N–H and O–H groups in total. The van der Waals surface area contributed by atoms with Gasteiger partial charge in [-0.1, -0.05) is 30.3 Å². The van der Waals surface area contributed by atoms with Crippen molar-refractivity contribution in [3.63, 3.8) is 0 Å². The van der Waals surface area contributed by atoms with Gasteiger partial charge in [-0.05, 0) is 18.2 Å². The van der Waals surface area contributed by atoms with E-state index in [1.165, 1.54) is 20.3 Å². The number of benzene rings is 1. The first-order valence-electron chi connectivity index (χ1n) is 6.11. The van der Waals surface area contributed by atoms with E-state index in [9.17, 15) is 4.79 Å². The van der Waals surface area contributed by atoms with Gasteiger partial charge in [-0.3, -0.25) is 4.79 Å². The molecule has 0 atom stereocenters.